The van der Waals surface area contributed by atoms with Gasteiger partial charge in [0.15, 0.2) is 0 Å². The quantitative estimate of drug-likeness (QED) is 0.389. The Hall–Kier alpha value is 1.28. The van der Waals surface area contributed by atoms with Crippen LogP contribution in [0.5, 0.6) is 0 Å². The zero-order chi connectivity index (χ0) is 14.5. The predicted octanol–water partition coefficient (Wildman–Crippen LogP) is 2.91. The Morgan fingerprint density at radius 1 is 0.750 bits per heavy atom. The summed E-state index contributed by atoms with van der Waals surface area (Å²) < 4.78 is 0. The second-order valence-corrected chi connectivity index (χ2v) is 10.2. The average Bonchev–Trinajstić information content (AvgIpc) is 2.98. The maximum atomic E-state index is 5.52. The van der Waals surface area contributed by atoms with Crippen LogP contribution in [-0.2, 0) is 0 Å². The van der Waals surface area contributed by atoms with Gasteiger partial charge in [-0.2, -0.15) is 0 Å². The Kier molecular flexibility index (Phi) is 13.4. The van der Waals surface area contributed by atoms with E-state index < -0.39 is 0 Å². The topological polar surface area (TPSA) is 55.3 Å². The van der Waals surface area contributed by atoms with Crippen LogP contribution < -0.4 is 11.5 Å². The van der Waals surface area contributed by atoms with E-state index in [1.165, 1.54) is 50.3 Å². The maximum absolute atomic E-state index is 5.52. The summed E-state index contributed by atoms with van der Waals surface area (Å²) in [6, 6.07) is 0.843. The molecule has 1 aliphatic rings. The van der Waals surface area contributed by atoms with Crippen LogP contribution in [0, 0.1) is 0 Å². The van der Waals surface area contributed by atoms with Crippen molar-refractivity contribution in [3.63, 3.8) is 0 Å². The molecule has 3 nitrogen and oxygen atoms in total. The molecular weight excluding hydrogens is 326 g/mol. The van der Waals surface area contributed by atoms with Crippen LogP contribution in [0.2, 0.25) is 0 Å². The van der Waals surface area contributed by atoms with Gasteiger partial charge in [0, 0.05) is 55.2 Å². The first kappa shape index (κ1) is 19.3. The zero-order valence-corrected chi connectivity index (χ0v) is 15.6. The molecule has 0 amide bonds. The summed E-state index contributed by atoms with van der Waals surface area (Å²) in [6.45, 7) is 4.04. The van der Waals surface area contributed by atoms with Crippen LogP contribution >= 0.6 is 43.2 Å². The van der Waals surface area contributed by atoms with Gasteiger partial charge in [0.05, 0.1) is 0 Å². The molecule has 0 aromatic carbocycles. The molecule has 0 unspecified atom stereocenters. The van der Waals surface area contributed by atoms with Crippen LogP contribution in [0.3, 0.4) is 0 Å². The second kappa shape index (κ2) is 13.9. The molecule has 1 rings (SSSR count). The van der Waals surface area contributed by atoms with Crippen LogP contribution in [0.4, 0.5) is 0 Å². The molecule has 120 valence electrons. The molecule has 0 bridgehead atoms. The Balaban J connectivity index is 2.14. The van der Waals surface area contributed by atoms with E-state index in [-0.39, 0.29) is 0 Å². The molecular formula is C13H29N3S4. The number of hydrogen-bond acceptors (Lipinski definition) is 7. The molecule has 0 aliphatic heterocycles. The minimum absolute atomic E-state index is 0.791. The van der Waals surface area contributed by atoms with E-state index in [2.05, 4.69) is 4.90 Å². The highest BCUT2D eigenvalue weighted by Crippen LogP contribution is 2.27. The molecule has 20 heavy (non-hydrogen) atoms. The fraction of sp³-hybridized carbons (Fsp3) is 1.00. The van der Waals surface area contributed by atoms with E-state index in [1.807, 2.05) is 43.2 Å². The van der Waals surface area contributed by atoms with Gasteiger partial charge in [0.1, 0.15) is 0 Å². The molecule has 0 aromatic rings. The molecule has 4 N–H and O–H groups in total. The van der Waals surface area contributed by atoms with Crippen LogP contribution in [0.1, 0.15) is 25.7 Å². The van der Waals surface area contributed by atoms with Gasteiger partial charge >= 0.3 is 0 Å². The molecule has 1 fully saturated rings. The third kappa shape index (κ3) is 9.33. The Bertz CT molecular complexity index is 202. The SMILES string of the molecule is NCCSSCCN(CCSSCCN)C1CCCC1. The van der Waals surface area contributed by atoms with Crippen molar-refractivity contribution in [2.24, 2.45) is 11.5 Å². The number of rotatable bonds is 13. The minimum Gasteiger partial charge on any atom is -0.330 e. The number of hydrogen-bond donors (Lipinski definition) is 2. The summed E-state index contributed by atoms with van der Waals surface area (Å²) >= 11 is 0. The number of nitrogens with zero attached hydrogens (tertiary/aromatic N) is 1. The van der Waals surface area contributed by atoms with Gasteiger partial charge in [-0.05, 0) is 12.8 Å². The van der Waals surface area contributed by atoms with Crippen LogP contribution in [-0.4, -0.2) is 60.1 Å². The van der Waals surface area contributed by atoms with Crippen molar-refractivity contribution in [1.82, 2.24) is 4.90 Å². The van der Waals surface area contributed by atoms with Gasteiger partial charge in [-0.3, -0.25) is 4.90 Å². The molecule has 7 heteroatoms. The fourth-order valence-corrected chi connectivity index (χ4v) is 6.11. The number of nitrogens with two attached hydrogens (primary N) is 2. The third-order valence-electron chi connectivity index (χ3n) is 3.33. The normalized spacial score (nSPS) is 16.4. The molecule has 1 saturated carbocycles. The molecule has 0 atom stereocenters. The van der Waals surface area contributed by atoms with Crippen molar-refractivity contribution >= 4 is 43.2 Å². The van der Waals surface area contributed by atoms with Gasteiger partial charge in [-0.1, -0.05) is 56.0 Å². The van der Waals surface area contributed by atoms with E-state index in [1.54, 1.807) is 0 Å². The van der Waals surface area contributed by atoms with Crippen molar-refractivity contribution in [3.05, 3.63) is 0 Å². The van der Waals surface area contributed by atoms with Gasteiger partial charge in [0.25, 0.3) is 0 Å². The lowest BCUT2D eigenvalue weighted by atomic mass is 10.2. The summed E-state index contributed by atoms with van der Waals surface area (Å²) in [5, 5.41) is 0. The van der Waals surface area contributed by atoms with Gasteiger partial charge in [-0.25, -0.2) is 0 Å². The van der Waals surface area contributed by atoms with Gasteiger partial charge in [0.2, 0.25) is 0 Å². The fourth-order valence-electron chi connectivity index (χ4n) is 2.39. The summed E-state index contributed by atoms with van der Waals surface area (Å²) in [7, 11) is 7.79. The highest BCUT2D eigenvalue weighted by Gasteiger charge is 2.21. The molecule has 0 heterocycles. The van der Waals surface area contributed by atoms with Crippen molar-refractivity contribution in [2.45, 2.75) is 31.7 Å². The van der Waals surface area contributed by atoms with Crippen molar-refractivity contribution < 1.29 is 0 Å². The standard InChI is InChI=1S/C13H29N3S4/c14-5-9-17-19-11-7-16(13-3-1-2-4-13)8-12-20-18-10-6-15/h13H,1-12,14-15H2. The summed E-state index contributed by atoms with van der Waals surface area (Å²) in [4.78, 5) is 2.72. The zero-order valence-electron chi connectivity index (χ0n) is 12.3. The Morgan fingerprint density at radius 2 is 1.20 bits per heavy atom. The van der Waals surface area contributed by atoms with Crippen molar-refractivity contribution in [3.8, 4) is 0 Å². The predicted molar refractivity (Wildman–Crippen MR) is 102 cm³/mol. The maximum Gasteiger partial charge on any atom is 0.0165 e. The highest BCUT2D eigenvalue weighted by molar-refractivity contribution is 8.77. The minimum atomic E-state index is 0.791. The summed E-state index contributed by atoms with van der Waals surface area (Å²) in [5.74, 6) is 4.59. The molecule has 0 spiro atoms. The summed E-state index contributed by atoms with van der Waals surface area (Å²) in [6.07, 6.45) is 5.65. The molecule has 0 aromatic heterocycles. The molecule has 0 radical (unpaired) electrons. The van der Waals surface area contributed by atoms with E-state index in [4.69, 9.17) is 11.5 Å². The Labute approximate surface area is 140 Å². The van der Waals surface area contributed by atoms with Gasteiger partial charge in [-0.15, -0.1) is 0 Å². The lowest BCUT2D eigenvalue weighted by molar-refractivity contribution is 0.224. The molecule has 1 aliphatic carbocycles. The average molecular weight is 356 g/mol. The summed E-state index contributed by atoms with van der Waals surface area (Å²) in [5.41, 5.74) is 11.0. The van der Waals surface area contributed by atoms with E-state index >= 15 is 0 Å². The first-order valence-electron chi connectivity index (χ1n) is 7.51. The first-order chi connectivity index (χ1) is 9.88. The van der Waals surface area contributed by atoms with Gasteiger partial charge < -0.3 is 11.5 Å². The lowest BCUT2D eigenvalue weighted by Gasteiger charge is -2.28. The monoisotopic (exact) mass is 355 g/mol. The third-order valence-corrected chi connectivity index (χ3v) is 8.17. The highest BCUT2D eigenvalue weighted by atomic mass is 33.1. The molecule has 0 saturated heterocycles. The van der Waals surface area contributed by atoms with Crippen LogP contribution in [0.25, 0.3) is 0 Å². The van der Waals surface area contributed by atoms with E-state index in [0.29, 0.717) is 0 Å². The van der Waals surface area contributed by atoms with E-state index in [9.17, 15) is 0 Å². The van der Waals surface area contributed by atoms with E-state index in [0.717, 1.165) is 30.6 Å². The first-order valence-corrected chi connectivity index (χ1v) is 12.5. The van der Waals surface area contributed by atoms with Crippen LogP contribution in [0.15, 0.2) is 0 Å². The second-order valence-electron chi connectivity index (χ2n) is 4.84. The largest absolute Gasteiger partial charge is 0.330 e. The Morgan fingerprint density at radius 3 is 1.65 bits per heavy atom. The smallest absolute Gasteiger partial charge is 0.0165 e. The lowest BCUT2D eigenvalue weighted by Crippen LogP contribution is -2.36. The van der Waals surface area contributed by atoms with Crippen molar-refractivity contribution in [1.29, 1.82) is 0 Å². The van der Waals surface area contributed by atoms with Crippen molar-refractivity contribution in [2.75, 3.05) is 49.2 Å².